The fourth-order valence-electron chi connectivity index (χ4n) is 1.19. The molecule has 0 aliphatic rings. The van der Waals surface area contributed by atoms with E-state index < -0.39 is 11.8 Å². The minimum absolute atomic E-state index is 0.272. The maximum absolute atomic E-state index is 10.6. The summed E-state index contributed by atoms with van der Waals surface area (Å²) < 4.78 is 0.504. The van der Waals surface area contributed by atoms with Crippen molar-refractivity contribution in [1.82, 2.24) is 9.71 Å². The first-order valence-electron chi connectivity index (χ1n) is 3.71. The van der Waals surface area contributed by atoms with Crippen molar-refractivity contribution in [3.8, 4) is 0 Å². The number of para-hydroxylation sites is 1. The van der Waals surface area contributed by atoms with Gasteiger partial charge in [-0.15, -0.1) is 0 Å². The van der Waals surface area contributed by atoms with Crippen molar-refractivity contribution in [2.75, 3.05) is 0 Å². The molecule has 0 atom stereocenters. The average Bonchev–Trinajstić information content (AvgIpc) is 2.46. The maximum Gasteiger partial charge on any atom is 0.375 e. The monoisotopic (exact) mass is 212 g/mol. The highest BCUT2D eigenvalue weighted by atomic mass is 35.5. The highest BCUT2D eigenvalue weighted by Gasteiger charge is 2.17. The molecule has 0 spiro atoms. The van der Waals surface area contributed by atoms with Crippen molar-refractivity contribution < 1.29 is 15.1 Å². The minimum Gasteiger partial charge on any atom is -0.475 e. The van der Waals surface area contributed by atoms with Crippen LogP contribution in [-0.2, 0) is 0 Å². The van der Waals surface area contributed by atoms with Crippen molar-refractivity contribution in [1.29, 1.82) is 0 Å². The quantitative estimate of drug-likeness (QED) is 0.705. The Hall–Kier alpha value is -1.75. The summed E-state index contributed by atoms with van der Waals surface area (Å²) in [6.45, 7) is 0. The Kier molecular flexibility index (Phi) is 1.82. The zero-order chi connectivity index (χ0) is 10.3. The molecule has 72 valence electrons. The number of rotatable bonds is 1. The molecule has 0 bridgehead atoms. The van der Waals surface area contributed by atoms with Crippen molar-refractivity contribution in [2.24, 2.45) is 0 Å². The van der Waals surface area contributed by atoms with E-state index in [1.54, 1.807) is 12.1 Å². The van der Waals surface area contributed by atoms with Gasteiger partial charge in [0, 0.05) is 0 Å². The first kappa shape index (κ1) is 8.83. The van der Waals surface area contributed by atoms with Gasteiger partial charge in [0.15, 0.2) is 0 Å². The zero-order valence-electron chi connectivity index (χ0n) is 6.81. The molecule has 0 amide bonds. The van der Waals surface area contributed by atoms with Gasteiger partial charge in [-0.05, 0) is 12.1 Å². The second-order valence-corrected chi connectivity index (χ2v) is 3.07. The number of benzene rings is 1. The molecule has 0 fully saturated rings. The number of carboxylic acid groups (broad SMARTS) is 1. The molecule has 2 rings (SSSR count). The number of fused-ring (bicyclic) bond motifs is 1. The molecular formula is C8H5ClN2O3. The molecule has 6 heteroatoms. The maximum atomic E-state index is 10.6. The van der Waals surface area contributed by atoms with Crippen LogP contribution in [0, 0.1) is 0 Å². The molecule has 5 nitrogen and oxygen atoms in total. The fourth-order valence-corrected chi connectivity index (χ4v) is 1.40. The van der Waals surface area contributed by atoms with Gasteiger partial charge in [-0.25, -0.2) is 9.78 Å². The third-order valence-corrected chi connectivity index (χ3v) is 2.11. The van der Waals surface area contributed by atoms with Crippen LogP contribution in [0.15, 0.2) is 18.2 Å². The van der Waals surface area contributed by atoms with E-state index in [9.17, 15) is 10.0 Å². The molecule has 0 aliphatic heterocycles. The summed E-state index contributed by atoms with van der Waals surface area (Å²) in [5.74, 6) is -1.76. The molecule has 1 aromatic carbocycles. The molecule has 0 saturated carbocycles. The lowest BCUT2D eigenvalue weighted by molar-refractivity contribution is 0.0639. The number of halogens is 1. The Morgan fingerprint density at radius 1 is 1.50 bits per heavy atom. The lowest BCUT2D eigenvalue weighted by Crippen LogP contribution is -2.06. The normalized spacial score (nSPS) is 10.6. The summed E-state index contributed by atoms with van der Waals surface area (Å²) in [5, 5.41) is 18.4. The van der Waals surface area contributed by atoms with E-state index >= 15 is 0 Å². The zero-order valence-corrected chi connectivity index (χ0v) is 7.56. The Bertz CT molecular complexity index is 521. The van der Waals surface area contributed by atoms with E-state index in [-0.39, 0.29) is 11.0 Å². The Morgan fingerprint density at radius 2 is 2.21 bits per heavy atom. The van der Waals surface area contributed by atoms with Gasteiger partial charge < -0.3 is 10.3 Å². The number of hydrogen-bond donors (Lipinski definition) is 2. The van der Waals surface area contributed by atoms with E-state index in [0.29, 0.717) is 9.75 Å². The summed E-state index contributed by atoms with van der Waals surface area (Å²) in [4.78, 5) is 14.3. The van der Waals surface area contributed by atoms with Gasteiger partial charge in [0.2, 0.25) is 0 Å². The van der Waals surface area contributed by atoms with Crippen LogP contribution < -0.4 is 0 Å². The molecule has 1 heterocycles. The van der Waals surface area contributed by atoms with E-state index in [0.717, 1.165) is 0 Å². The summed E-state index contributed by atoms with van der Waals surface area (Å²) in [6, 6.07) is 4.70. The second-order valence-electron chi connectivity index (χ2n) is 2.66. The van der Waals surface area contributed by atoms with E-state index in [2.05, 4.69) is 4.98 Å². The van der Waals surface area contributed by atoms with Gasteiger partial charge in [-0.1, -0.05) is 17.7 Å². The van der Waals surface area contributed by atoms with Crippen LogP contribution >= 0.6 is 11.6 Å². The molecule has 0 unspecified atom stereocenters. The van der Waals surface area contributed by atoms with Crippen LogP contribution in [0.2, 0.25) is 5.02 Å². The van der Waals surface area contributed by atoms with Gasteiger partial charge >= 0.3 is 5.97 Å². The number of imidazole rings is 1. The number of hydrogen-bond acceptors (Lipinski definition) is 3. The largest absolute Gasteiger partial charge is 0.475 e. The fraction of sp³-hybridized carbons (Fsp3) is 0. The van der Waals surface area contributed by atoms with Crippen LogP contribution in [-0.4, -0.2) is 26.0 Å². The highest BCUT2D eigenvalue weighted by molar-refractivity contribution is 6.35. The molecular weight excluding hydrogens is 208 g/mol. The number of aromatic nitrogens is 2. The van der Waals surface area contributed by atoms with Crippen molar-refractivity contribution in [3.05, 3.63) is 29.0 Å². The average molecular weight is 213 g/mol. The highest BCUT2D eigenvalue weighted by Crippen LogP contribution is 2.22. The topological polar surface area (TPSA) is 75.3 Å². The summed E-state index contributed by atoms with van der Waals surface area (Å²) >= 11 is 5.77. The number of carbonyl (C=O) groups is 1. The summed E-state index contributed by atoms with van der Waals surface area (Å²) in [6.07, 6.45) is 0. The van der Waals surface area contributed by atoms with E-state index in [4.69, 9.17) is 16.7 Å². The summed E-state index contributed by atoms with van der Waals surface area (Å²) in [7, 11) is 0. The molecule has 0 radical (unpaired) electrons. The molecule has 0 aliphatic carbocycles. The first-order chi connectivity index (χ1) is 6.61. The lowest BCUT2D eigenvalue weighted by atomic mass is 10.3. The van der Waals surface area contributed by atoms with Crippen LogP contribution in [0.25, 0.3) is 11.0 Å². The Labute approximate surface area is 83.1 Å². The smallest absolute Gasteiger partial charge is 0.375 e. The van der Waals surface area contributed by atoms with Crippen LogP contribution in [0.1, 0.15) is 10.6 Å². The van der Waals surface area contributed by atoms with Crippen LogP contribution in [0.5, 0.6) is 0 Å². The summed E-state index contributed by atoms with van der Waals surface area (Å²) in [5.41, 5.74) is 0.545. The number of aromatic carboxylic acids is 1. The third kappa shape index (κ3) is 1.10. The van der Waals surface area contributed by atoms with Gasteiger partial charge in [0.05, 0.1) is 5.02 Å². The van der Waals surface area contributed by atoms with E-state index in [1.165, 1.54) is 6.07 Å². The van der Waals surface area contributed by atoms with Gasteiger partial charge in [0.1, 0.15) is 11.0 Å². The second kappa shape index (κ2) is 2.88. The van der Waals surface area contributed by atoms with Crippen molar-refractivity contribution >= 4 is 28.6 Å². The molecule has 2 aromatic rings. The number of nitrogens with zero attached hydrogens (tertiary/aromatic N) is 2. The Balaban J connectivity index is 2.86. The van der Waals surface area contributed by atoms with Gasteiger partial charge in [-0.3, -0.25) is 0 Å². The Morgan fingerprint density at radius 3 is 2.79 bits per heavy atom. The predicted molar refractivity (Wildman–Crippen MR) is 48.9 cm³/mol. The van der Waals surface area contributed by atoms with Gasteiger partial charge in [-0.2, -0.15) is 4.73 Å². The van der Waals surface area contributed by atoms with Crippen LogP contribution in [0.3, 0.4) is 0 Å². The molecule has 0 saturated heterocycles. The first-order valence-corrected chi connectivity index (χ1v) is 4.08. The van der Waals surface area contributed by atoms with E-state index in [1.807, 2.05) is 0 Å². The van der Waals surface area contributed by atoms with Crippen molar-refractivity contribution in [3.63, 3.8) is 0 Å². The van der Waals surface area contributed by atoms with Crippen molar-refractivity contribution in [2.45, 2.75) is 0 Å². The van der Waals surface area contributed by atoms with Crippen LogP contribution in [0.4, 0.5) is 0 Å². The molecule has 14 heavy (non-hydrogen) atoms. The SMILES string of the molecule is O=C(O)c1nc2c(Cl)cccc2n1O. The lowest BCUT2D eigenvalue weighted by Gasteiger charge is -1.94. The predicted octanol–water partition coefficient (Wildman–Crippen LogP) is 1.63. The minimum atomic E-state index is -1.31. The third-order valence-electron chi connectivity index (χ3n) is 1.80. The van der Waals surface area contributed by atoms with Gasteiger partial charge in [0.25, 0.3) is 5.82 Å². The number of carboxylic acids is 1. The standard InChI is InChI=1S/C8H5ClN2O3/c9-4-2-1-3-5-6(4)10-7(8(12)13)11(5)14/h1-3,14H,(H,12,13). The molecule has 1 aromatic heterocycles. The molecule has 2 N–H and O–H groups in total.